The van der Waals surface area contributed by atoms with Crippen molar-refractivity contribution in [2.45, 2.75) is 6.61 Å². The van der Waals surface area contributed by atoms with E-state index in [2.05, 4.69) is 0 Å². The Morgan fingerprint density at radius 2 is 2.06 bits per heavy atom. The van der Waals surface area contributed by atoms with E-state index in [0.717, 1.165) is 5.56 Å². The third-order valence-corrected chi connectivity index (χ3v) is 2.17. The lowest BCUT2D eigenvalue weighted by atomic mass is 10.2. The molecule has 0 saturated carbocycles. The fraction of sp³-hybridized carbons (Fsp3) is 0.0769. The number of rotatable bonds is 4. The van der Waals surface area contributed by atoms with Crippen LogP contribution in [0.1, 0.15) is 26.5 Å². The number of carbonyl (C=O) groups is 2. The Morgan fingerprint density at radius 1 is 1.29 bits per heavy atom. The van der Waals surface area contributed by atoms with Gasteiger partial charge in [0, 0.05) is 6.07 Å². The molecule has 1 aromatic heterocycles. The van der Waals surface area contributed by atoms with Crippen LogP contribution in [-0.2, 0) is 11.3 Å². The van der Waals surface area contributed by atoms with Crippen LogP contribution in [-0.4, -0.2) is 12.3 Å². The molecule has 0 bridgehead atoms. The van der Waals surface area contributed by atoms with Crippen molar-refractivity contribution in [1.82, 2.24) is 0 Å². The first-order chi connectivity index (χ1) is 8.29. The minimum atomic E-state index is -0.582. The number of ether oxygens (including phenoxy) is 1. The average molecular weight is 230 g/mol. The third-order valence-electron chi connectivity index (χ3n) is 2.17. The van der Waals surface area contributed by atoms with E-state index in [1.54, 1.807) is 0 Å². The summed E-state index contributed by atoms with van der Waals surface area (Å²) in [5.41, 5.74) is 1.21. The summed E-state index contributed by atoms with van der Waals surface area (Å²) in [5, 5.41) is 0. The summed E-state index contributed by atoms with van der Waals surface area (Å²) < 4.78 is 9.92. The molecule has 0 aliphatic heterocycles. The van der Waals surface area contributed by atoms with E-state index < -0.39 is 5.97 Å². The number of carbonyl (C=O) groups excluding carboxylic acids is 2. The summed E-state index contributed by atoms with van der Waals surface area (Å²) in [6.07, 6.45) is 1.82. The highest BCUT2D eigenvalue weighted by molar-refractivity contribution is 5.88. The van der Waals surface area contributed by atoms with E-state index in [1.165, 1.54) is 12.3 Å². The molecule has 86 valence electrons. The summed E-state index contributed by atoms with van der Waals surface area (Å²) in [4.78, 5) is 21.9. The van der Waals surface area contributed by atoms with Gasteiger partial charge in [0.25, 0.3) is 0 Å². The van der Waals surface area contributed by atoms with Gasteiger partial charge in [0.1, 0.15) is 12.9 Å². The van der Waals surface area contributed by atoms with Gasteiger partial charge in [-0.1, -0.05) is 30.3 Å². The molecule has 17 heavy (non-hydrogen) atoms. The van der Waals surface area contributed by atoms with E-state index in [0.29, 0.717) is 11.8 Å². The summed E-state index contributed by atoms with van der Waals surface area (Å²) in [7, 11) is 0. The normalized spacial score (nSPS) is 9.88. The zero-order chi connectivity index (χ0) is 12.1. The van der Waals surface area contributed by atoms with Crippen molar-refractivity contribution in [2.75, 3.05) is 0 Å². The van der Waals surface area contributed by atoms with E-state index in [1.807, 2.05) is 30.3 Å². The van der Waals surface area contributed by atoms with Crippen LogP contribution in [0.3, 0.4) is 0 Å². The second kappa shape index (κ2) is 5.12. The number of benzene rings is 1. The van der Waals surface area contributed by atoms with Gasteiger partial charge in [-0.25, -0.2) is 4.79 Å². The van der Waals surface area contributed by atoms with Gasteiger partial charge >= 0.3 is 5.97 Å². The fourth-order valence-corrected chi connectivity index (χ4v) is 1.31. The van der Waals surface area contributed by atoms with Gasteiger partial charge in [-0.05, 0) is 5.56 Å². The molecule has 0 radical (unpaired) electrons. The standard InChI is InChI=1S/C13H10O4/c14-7-11-6-12(16-9-11)13(15)17-8-10-4-2-1-3-5-10/h1-7,9H,8H2. The molecule has 1 heterocycles. The van der Waals surface area contributed by atoms with E-state index in [-0.39, 0.29) is 12.4 Å². The number of hydrogen-bond donors (Lipinski definition) is 0. The highest BCUT2D eigenvalue weighted by atomic mass is 16.5. The molecule has 0 spiro atoms. The molecule has 4 nitrogen and oxygen atoms in total. The van der Waals surface area contributed by atoms with Gasteiger partial charge in [0.15, 0.2) is 6.29 Å². The Bertz CT molecular complexity index is 513. The average Bonchev–Trinajstić information content (AvgIpc) is 2.86. The topological polar surface area (TPSA) is 56.5 Å². The lowest BCUT2D eigenvalue weighted by Gasteiger charge is -2.02. The smallest absolute Gasteiger partial charge is 0.374 e. The summed E-state index contributed by atoms with van der Waals surface area (Å²) in [5.74, 6) is -0.551. The zero-order valence-corrected chi connectivity index (χ0v) is 8.96. The molecule has 0 aliphatic carbocycles. The maximum absolute atomic E-state index is 11.5. The van der Waals surface area contributed by atoms with Crippen LogP contribution in [0.2, 0.25) is 0 Å². The maximum atomic E-state index is 11.5. The summed E-state index contributed by atoms with van der Waals surface area (Å²) in [6, 6.07) is 10.7. The van der Waals surface area contributed by atoms with Crippen LogP contribution in [0.4, 0.5) is 0 Å². The van der Waals surface area contributed by atoms with E-state index >= 15 is 0 Å². The van der Waals surface area contributed by atoms with Crippen molar-refractivity contribution in [3.63, 3.8) is 0 Å². The summed E-state index contributed by atoms with van der Waals surface area (Å²) in [6.45, 7) is 0.177. The molecule has 0 N–H and O–H groups in total. The van der Waals surface area contributed by atoms with Crippen molar-refractivity contribution in [3.8, 4) is 0 Å². The molecule has 2 aromatic rings. The molecule has 1 aromatic carbocycles. The van der Waals surface area contributed by atoms with Crippen LogP contribution in [0.15, 0.2) is 47.1 Å². The molecule has 0 aliphatic rings. The Labute approximate surface area is 97.8 Å². The quantitative estimate of drug-likeness (QED) is 0.598. The Balaban J connectivity index is 1.96. The van der Waals surface area contributed by atoms with Crippen molar-refractivity contribution < 1.29 is 18.7 Å². The molecule has 0 saturated heterocycles. The summed E-state index contributed by atoms with van der Waals surface area (Å²) >= 11 is 0. The molecule has 0 atom stereocenters. The molecule has 2 rings (SSSR count). The highest BCUT2D eigenvalue weighted by Gasteiger charge is 2.12. The third kappa shape index (κ3) is 2.81. The Morgan fingerprint density at radius 3 is 2.71 bits per heavy atom. The first-order valence-electron chi connectivity index (χ1n) is 5.04. The predicted molar refractivity (Wildman–Crippen MR) is 59.7 cm³/mol. The second-order valence-electron chi connectivity index (χ2n) is 3.42. The first-order valence-corrected chi connectivity index (χ1v) is 5.04. The molecule has 0 amide bonds. The first kappa shape index (κ1) is 11.1. The zero-order valence-electron chi connectivity index (χ0n) is 8.96. The highest BCUT2D eigenvalue weighted by Crippen LogP contribution is 2.09. The van der Waals surface area contributed by atoms with Crippen LogP contribution in [0.5, 0.6) is 0 Å². The van der Waals surface area contributed by atoms with Gasteiger partial charge in [0.2, 0.25) is 5.76 Å². The van der Waals surface area contributed by atoms with Gasteiger partial charge in [-0.2, -0.15) is 0 Å². The van der Waals surface area contributed by atoms with Crippen molar-refractivity contribution >= 4 is 12.3 Å². The lowest BCUT2D eigenvalue weighted by Crippen LogP contribution is -2.03. The molecule has 0 unspecified atom stereocenters. The minimum Gasteiger partial charge on any atom is -0.457 e. The molecular weight excluding hydrogens is 220 g/mol. The number of hydrogen-bond acceptors (Lipinski definition) is 4. The molecule has 4 heteroatoms. The largest absolute Gasteiger partial charge is 0.457 e. The van der Waals surface area contributed by atoms with Crippen LogP contribution >= 0.6 is 0 Å². The van der Waals surface area contributed by atoms with E-state index in [4.69, 9.17) is 9.15 Å². The van der Waals surface area contributed by atoms with Gasteiger partial charge < -0.3 is 9.15 Å². The second-order valence-corrected chi connectivity index (χ2v) is 3.42. The van der Waals surface area contributed by atoms with Gasteiger partial charge in [0.05, 0.1) is 5.56 Å². The van der Waals surface area contributed by atoms with Crippen LogP contribution in [0.25, 0.3) is 0 Å². The Kier molecular flexibility index (Phi) is 3.35. The lowest BCUT2D eigenvalue weighted by molar-refractivity contribution is 0.0436. The van der Waals surface area contributed by atoms with Crippen molar-refractivity contribution in [3.05, 3.63) is 59.5 Å². The van der Waals surface area contributed by atoms with Crippen molar-refractivity contribution in [1.29, 1.82) is 0 Å². The SMILES string of the molecule is O=Cc1coc(C(=O)OCc2ccccc2)c1. The monoisotopic (exact) mass is 230 g/mol. The Hall–Kier alpha value is -2.36. The molecular formula is C13H10O4. The number of aldehydes is 1. The molecule has 0 fully saturated rings. The maximum Gasteiger partial charge on any atom is 0.374 e. The van der Waals surface area contributed by atoms with Gasteiger partial charge in [-0.15, -0.1) is 0 Å². The number of esters is 1. The number of furan rings is 1. The minimum absolute atomic E-state index is 0.0306. The van der Waals surface area contributed by atoms with E-state index in [9.17, 15) is 9.59 Å². The van der Waals surface area contributed by atoms with Crippen LogP contribution < -0.4 is 0 Å². The van der Waals surface area contributed by atoms with Crippen LogP contribution in [0, 0.1) is 0 Å². The van der Waals surface area contributed by atoms with Crippen molar-refractivity contribution in [2.24, 2.45) is 0 Å². The fourth-order valence-electron chi connectivity index (χ4n) is 1.31. The predicted octanol–water partition coefficient (Wildman–Crippen LogP) is 2.45. The van der Waals surface area contributed by atoms with Gasteiger partial charge in [-0.3, -0.25) is 4.79 Å².